The number of hydrogen-bond donors (Lipinski definition) is 1. The molecule has 1 N–H and O–H groups in total. The molecular formula is C13H18ClNO2. The summed E-state index contributed by atoms with van der Waals surface area (Å²) in [5.41, 5.74) is 0.965. The fraction of sp³-hybridized carbons (Fsp3) is 0.385. The molecule has 0 spiro atoms. The molecule has 4 heteroatoms. The highest BCUT2D eigenvalue weighted by Gasteiger charge is 2.07. The number of benzene rings is 1. The summed E-state index contributed by atoms with van der Waals surface area (Å²) in [5, 5.41) is 3.95. The zero-order valence-corrected chi connectivity index (χ0v) is 10.8. The van der Waals surface area contributed by atoms with Gasteiger partial charge in [0.15, 0.2) is 0 Å². The summed E-state index contributed by atoms with van der Waals surface area (Å²) in [7, 11) is 1.68. The van der Waals surface area contributed by atoms with Crippen LogP contribution < -0.4 is 10.1 Å². The third-order valence-electron chi connectivity index (χ3n) is 2.22. The zero-order valence-electron chi connectivity index (χ0n) is 10.0. The van der Waals surface area contributed by atoms with Crippen molar-refractivity contribution in [3.8, 4) is 5.75 Å². The van der Waals surface area contributed by atoms with E-state index < -0.39 is 0 Å². The Morgan fingerprint density at radius 3 is 3.00 bits per heavy atom. The van der Waals surface area contributed by atoms with Gasteiger partial charge in [-0.15, -0.1) is 0 Å². The van der Waals surface area contributed by atoms with Crippen molar-refractivity contribution in [2.24, 2.45) is 0 Å². The molecule has 0 saturated carbocycles. The second-order valence-electron chi connectivity index (χ2n) is 3.49. The van der Waals surface area contributed by atoms with Crippen molar-refractivity contribution in [1.82, 2.24) is 5.32 Å². The van der Waals surface area contributed by atoms with Crippen molar-refractivity contribution in [3.63, 3.8) is 0 Å². The Balaban J connectivity index is 2.62. The van der Waals surface area contributed by atoms with Gasteiger partial charge in [0.1, 0.15) is 12.4 Å². The van der Waals surface area contributed by atoms with E-state index in [4.69, 9.17) is 21.1 Å². The molecule has 1 rings (SSSR count). The largest absolute Gasteiger partial charge is 0.489 e. The summed E-state index contributed by atoms with van der Waals surface area (Å²) in [6.45, 7) is 6.22. The Bertz CT molecular complexity index is 355. The lowest BCUT2D eigenvalue weighted by Crippen LogP contribution is -2.19. The Morgan fingerprint density at radius 1 is 1.47 bits per heavy atom. The lowest BCUT2D eigenvalue weighted by atomic mass is 10.2. The summed E-state index contributed by atoms with van der Waals surface area (Å²) in [6.07, 6.45) is 1.71. The number of hydrogen-bond acceptors (Lipinski definition) is 3. The maximum absolute atomic E-state index is 6.14. The second kappa shape index (κ2) is 8.12. The van der Waals surface area contributed by atoms with Gasteiger partial charge in [-0.3, -0.25) is 0 Å². The number of nitrogens with one attached hydrogen (secondary N) is 1. The number of rotatable bonds is 8. The monoisotopic (exact) mass is 255 g/mol. The molecule has 1 aromatic rings. The van der Waals surface area contributed by atoms with Gasteiger partial charge in [-0.05, 0) is 12.1 Å². The maximum Gasteiger partial charge on any atom is 0.125 e. The van der Waals surface area contributed by atoms with Crippen molar-refractivity contribution < 1.29 is 9.47 Å². The van der Waals surface area contributed by atoms with Gasteiger partial charge in [-0.1, -0.05) is 30.3 Å². The molecule has 0 radical (unpaired) electrons. The molecule has 0 fully saturated rings. The first-order valence-electron chi connectivity index (χ1n) is 5.50. The summed E-state index contributed by atoms with van der Waals surface area (Å²) in [4.78, 5) is 0. The van der Waals surface area contributed by atoms with E-state index in [1.165, 1.54) is 0 Å². The smallest absolute Gasteiger partial charge is 0.125 e. The molecule has 0 aliphatic rings. The minimum absolute atomic E-state index is 0.478. The molecule has 0 bridgehead atoms. The Labute approximate surface area is 107 Å². The SMILES string of the molecule is C=CCOc1cccc(Cl)c1CNCCOC. The van der Waals surface area contributed by atoms with E-state index in [2.05, 4.69) is 11.9 Å². The molecule has 17 heavy (non-hydrogen) atoms. The molecule has 0 saturated heterocycles. The fourth-order valence-corrected chi connectivity index (χ4v) is 1.61. The van der Waals surface area contributed by atoms with Crippen molar-refractivity contribution in [2.75, 3.05) is 26.9 Å². The molecule has 0 heterocycles. The number of ether oxygens (including phenoxy) is 2. The molecule has 0 amide bonds. The molecule has 0 atom stereocenters. The first-order chi connectivity index (χ1) is 8.29. The summed E-state index contributed by atoms with van der Waals surface area (Å²) >= 11 is 6.14. The van der Waals surface area contributed by atoms with Crippen molar-refractivity contribution in [2.45, 2.75) is 6.54 Å². The van der Waals surface area contributed by atoms with Crippen molar-refractivity contribution in [3.05, 3.63) is 41.4 Å². The van der Waals surface area contributed by atoms with E-state index in [1.54, 1.807) is 13.2 Å². The molecule has 0 unspecified atom stereocenters. The zero-order chi connectivity index (χ0) is 12.5. The van der Waals surface area contributed by atoms with Crippen LogP contribution in [0.2, 0.25) is 5.02 Å². The molecule has 1 aromatic carbocycles. The Kier molecular flexibility index (Phi) is 6.70. The van der Waals surface area contributed by atoms with Crippen LogP contribution in [0.15, 0.2) is 30.9 Å². The van der Waals surface area contributed by atoms with Gasteiger partial charge in [0.25, 0.3) is 0 Å². The highest BCUT2D eigenvalue weighted by atomic mass is 35.5. The predicted molar refractivity (Wildman–Crippen MR) is 70.7 cm³/mol. The van der Waals surface area contributed by atoms with Gasteiger partial charge in [0.05, 0.1) is 6.61 Å². The standard InChI is InChI=1S/C13H18ClNO2/c1-3-8-17-13-6-4-5-12(14)11(13)10-15-7-9-16-2/h3-6,15H,1,7-10H2,2H3. The van der Waals surface area contributed by atoms with Gasteiger partial charge < -0.3 is 14.8 Å². The van der Waals surface area contributed by atoms with E-state index in [0.717, 1.165) is 17.9 Å². The van der Waals surface area contributed by atoms with Crippen LogP contribution in [-0.2, 0) is 11.3 Å². The van der Waals surface area contributed by atoms with Gasteiger partial charge >= 0.3 is 0 Å². The second-order valence-corrected chi connectivity index (χ2v) is 3.89. The maximum atomic E-state index is 6.14. The summed E-state index contributed by atoms with van der Waals surface area (Å²) < 4.78 is 10.5. The molecule has 3 nitrogen and oxygen atoms in total. The topological polar surface area (TPSA) is 30.5 Å². The van der Waals surface area contributed by atoms with Crippen molar-refractivity contribution >= 4 is 11.6 Å². The molecule has 0 aromatic heterocycles. The normalized spacial score (nSPS) is 10.2. The molecule has 0 aliphatic heterocycles. The van der Waals surface area contributed by atoms with E-state index in [1.807, 2.05) is 18.2 Å². The third kappa shape index (κ3) is 4.77. The van der Waals surface area contributed by atoms with Gasteiger partial charge in [-0.2, -0.15) is 0 Å². The Hall–Kier alpha value is -1.03. The third-order valence-corrected chi connectivity index (χ3v) is 2.57. The van der Waals surface area contributed by atoms with Crippen LogP contribution in [0.25, 0.3) is 0 Å². The minimum atomic E-state index is 0.478. The predicted octanol–water partition coefficient (Wildman–Crippen LogP) is 2.64. The van der Waals surface area contributed by atoms with Crippen LogP contribution in [0.3, 0.4) is 0 Å². The highest BCUT2D eigenvalue weighted by Crippen LogP contribution is 2.26. The summed E-state index contributed by atoms with van der Waals surface area (Å²) in [6, 6.07) is 5.64. The molecule has 94 valence electrons. The van der Waals surface area contributed by atoms with Gasteiger partial charge in [0.2, 0.25) is 0 Å². The minimum Gasteiger partial charge on any atom is -0.489 e. The number of methoxy groups -OCH3 is 1. The van der Waals surface area contributed by atoms with E-state index in [0.29, 0.717) is 24.8 Å². The van der Waals surface area contributed by atoms with Crippen molar-refractivity contribution in [1.29, 1.82) is 0 Å². The highest BCUT2D eigenvalue weighted by molar-refractivity contribution is 6.31. The lowest BCUT2D eigenvalue weighted by molar-refractivity contribution is 0.199. The molecular weight excluding hydrogens is 238 g/mol. The van der Waals surface area contributed by atoms with Gasteiger partial charge in [0, 0.05) is 30.8 Å². The van der Waals surface area contributed by atoms with Crippen LogP contribution in [-0.4, -0.2) is 26.9 Å². The average Bonchev–Trinajstić information content (AvgIpc) is 2.34. The van der Waals surface area contributed by atoms with E-state index in [9.17, 15) is 0 Å². The van der Waals surface area contributed by atoms with E-state index >= 15 is 0 Å². The summed E-state index contributed by atoms with van der Waals surface area (Å²) in [5.74, 6) is 0.794. The van der Waals surface area contributed by atoms with E-state index in [-0.39, 0.29) is 0 Å². The first kappa shape index (κ1) is 14.0. The number of halogens is 1. The first-order valence-corrected chi connectivity index (χ1v) is 5.88. The van der Waals surface area contributed by atoms with Crippen LogP contribution >= 0.6 is 11.6 Å². The van der Waals surface area contributed by atoms with Crippen LogP contribution in [0, 0.1) is 0 Å². The lowest BCUT2D eigenvalue weighted by Gasteiger charge is -2.12. The molecule has 0 aliphatic carbocycles. The van der Waals surface area contributed by atoms with Crippen LogP contribution in [0.5, 0.6) is 5.75 Å². The van der Waals surface area contributed by atoms with Crippen LogP contribution in [0.4, 0.5) is 0 Å². The fourth-order valence-electron chi connectivity index (χ4n) is 1.38. The van der Waals surface area contributed by atoms with Gasteiger partial charge in [-0.25, -0.2) is 0 Å². The van der Waals surface area contributed by atoms with Crippen LogP contribution in [0.1, 0.15) is 5.56 Å². The quantitative estimate of drug-likeness (QED) is 0.572. The Morgan fingerprint density at radius 2 is 2.29 bits per heavy atom. The average molecular weight is 256 g/mol.